The summed E-state index contributed by atoms with van der Waals surface area (Å²) in [4.78, 5) is 13.7. The van der Waals surface area contributed by atoms with E-state index in [9.17, 15) is 9.90 Å². The molecule has 1 N–H and O–H groups in total. The van der Waals surface area contributed by atoms with Gasteiger partial charge in [0.15, 0.2) is 0 Å². The van der Waals surface area contributed by atoms with Crippen molar-refractivity contribution in [2.45, 2.75) is 31.4 Å². The van der Waals surface area contributed by atoms with E-state index in [2.05, 4.69) is 0 Å². The SMILES string of the molecule is COCCOCC(O)CN1CCCCC1C(=O)OC. The lowest BCUT2D eigenvalue weighted by atomic mass is 10.0. The Labute approximate surface area is 114 Å². The third kappa shape index (κ3) is 5.86. The Morgan fingerprint density at radius 2 is 2.16 bits per heavy atom. The first-order valence-electron chi connectivity index (χ1n) is 6.75. The Morgan fingerprint density at radius 1 is 1.37 bits per heavy atom. The van der Waals surface area contributed by atoms with Crippen molar-refractivity contribution in [3.05, 3.63) is 0 Å². The van der Waals surface area contributed by atoms with E-state index in [1.54, 1.807) is 7.11 Å². The van der Waals surface area contributed by atoms with Gasteiger partial charge in [-0.15, -0.1) is 0 Å². The Balaban J connectivity index is 2.33. The molecule has 6 heteroatoms. The molecule has 1 saturated heterocycles. The van der Waals surface area contributed by atoms with Crippen molar-refractivity contribution in [3.8, 4) is 0 Å². The number of β-amino-alcohol motifs (C(OH)–C–C–N with tert-alkyl or cyclic N) is 1. The molecule has 0 aromatic rings. The predicted molar refractivity (Wildman–Crippen MR) is 69.9 cm³/mol. The number of hydrogen-bond acceptors (Lipinski definition) is 6. The van der Waals surface area contributed by atoms with Crippen LogP contribution in [0.4, 0.5) is 0 Å². The molecular weight excluding hydrogens is 250 g/mol. The quantitative estimate of drug-likeness (QED) is 0.498. The molecule has 0 spiro atoms. The maximum atomic E-state index is 11.7. The first-order valence-corrected chi connectivity index (χ1v) is 6.75. The van der Waals surface area contributed by atoms with Gasteiger partial charge in [0.1, 0.15) is 6.04 Å². The maximum absolute atomic E-state index is 11.7. The highest BCUT2D eigenvalue weighted by atomic mass is 16.5. The van der Waals surface area contributed by atoms with Crippen LogP contribution in [0.25, 0.3) is 0 Å². The van der Waals surface area contributed by atoms with Crippen LogP contribution in [0, 0.1) is 0 Å². The van der Waals surface area contributed by atoms with Crippen LogP contribution in [-0.4, -0.2) is 75.3 Å². The van der Waals surface area contributed by atoms with Crippen molar-refractivity contribution in [1.29, 1.82) is 0 Å². The summed E-state index contributed by atoms with van der Waals surface area (Å²) < 4.78 is 14.9. The van der Waals surface area contributed by atoms with E-state index >= 15 is 0 Å². The third-order valence-corrected chi connectivity index (χ3v) is 3.27. The number of esters is 1. The fraction of sp³-hybridized carbons (Fsp3) is 0.923. The Bertz CT molecular complexity index is 261. The first kappa shape index (κ1) is 16.4. The second kappa shape index (κ2) is 9.25. The molecule has 1 aliphatic heterocycles. The molecule has 0 saturated carbocycles. The van der Waals surface area contributed by atoms with Gasteiger partial charge in [-0.1, -0.05) is 6.42 Å². The summed E-state index contributed by atoms with van der Waals surface area (Å²) in [6.45, 7) is 2.49. The number of hydrogen-bond donors (Lipinski definition) is 1. The van der Waals surface area contributed by atoms with E-state index < -0.39 is 6.10 Å². The van der Waals surface area contributed by atoms with E-state index in [0.717, 1.165) is 25.8 Å². The van der Waals surface area contributed by atoms with Gasteiger partial charge in [-0.25, -0.2) is 0 Å². The second-order valence-corrected chi connectivity index (χ2v) is 4.75. The first-order chi connectivity index (χ1) is 9.19. The van der Waals surface area contributed by atoms with Crippen LogP contribution in [0.5, 0.6) is 0 Å². The van der Waals surface area contributed by atoms with E-state index in [4.69, 9.17) is 14.2 Å². The average Bonchev–Trinajstić information content (AvgIpc) is 2.43. The molecule has 1 fully saturated rings. The highest BCUT2D eigenvalue weighted by Gasteiger charge is 2.30. The highest BCUT2D eigenvalue weighted by molar-refractivity contribution is 5.75. The van der Waals surface area contributed by atoms with Gasteiger partial charge in [0.05, 0.1) is 33.0 Å². The predicted octanol–water partition coefficient (Wildman–Crippen LogP) is 0.0378. The van der Waals surface area contributed by atoms with E-state index in [-0.39, 0.29) is 18.6 Å². The average molecular weight is 275 g/mol. The lowest BCUT2D eigenvalue weighted by molar-refractivity contribution is -0.149. The lowest BCUT2D eigenvalue weighted by Gasteiger charge is -2.34. The number of piperidine rings is 1. The molecule has 0 aliphatic carbocycles. The van der Waals surface area contributed by atoms with Crippen molar-refractivity contribution < 1.29 is 24.1 Å². The van der Waals surface area contributed by atoms with Crippen molar-refractivity contribution >= 4 is 5.97 Å². The van der Waals surface area contributed by atoms with Gasteiger partial charge in [0.25, 0.3) is 0 Å². The molecular formula is C13H25NO5. The smallest absolute Gasteiger partial charge is 0.323 e. The van der Waals surface area contributed by atoms with E-state index in [0.29, 0.717) is 19.8 Å². The van der Waals surface area contributed by atoms with Crippen LogP contribution in [-0.2, 0) is 19.0 Å². The number of rotatable bonds is 8. The summed E-state index contributed by atoms with van der Waals surface area (Å²) in [6.07, 6.45) is 2.27. The summed E-state index contributed by atoms with van der Waals surface area (Å²) in [7, 11) is 3.01. The van der Waals surface area contributed by atoms with Gasteiger partial charge in [0.2, 0.25) is 0 Å². The fourth-order valence-electron chi connectivity index (χ4n) is 2.30. The van der Waals surface area contributed by atoms with Gasteiger partial charge in [-0.2, -0.15) is 0 Å². The maximum Gasteiger partial charge on any atom is 0.323 e. The minimum absolute atomic E-state index is 0.216. The number of aliphatic hydroxyl groups excluding tert-OH is 1. The standard InChI is InChI=1S/C13H25NO5/c1-17-7-8-19-10-11(15)9-14-6-4-3-5-12(14)13(16)18-2/h11-12,15H,3-10H2,1-2H3. The summed E-state index contributed by atoms with van der Waals surface area (Å²) in [5.41, 5.74) is 0. The molecule has 19 heavy (non-hydrogen) atoms. The molecule has 0 aromatic carbocycles. The number of ether oxygens (including phenoxy) is 3. The minimum Gasteiger partial charge on any atom is -0.468 e. The summed E-state index contributed by atoms with van der Waals surface area (Å²) >= 11 is 0. The van der Waals surface area contributed by atoms with Crippen LogP contribution < -0.4 is 0 Å². The number of methoxy groups -OCH3 is 2. The van der Waals surface area contributed by atoms with E-state index in [1.807, 2.05) is 4.90 Å². The molecule has 2 unspecified atom stereocenters. The Hall–Kier alpha value is -0.690. The largest absolute Gasteiger partial charge is 0.468 e. The van der Waals surface area contributed by atoms with Crippen LogP contribution >= 0.6 is 0 Å². The van der Waals surface area contributed by atoms with Gasteiger partial charge in [-0.05, 0) is 19.4 Å². The third-order valence-electron chi connectivity index (χ3n) is 3.27. The van der Waals surface area contributed by atoms with Gasteiger partial charge in [0, 0.05) is 13.7 Å². The molecule has 1 heterocycles. The molecule has 112 valence electrons. The van der Waals surface area contributed by atoms with Gasteiger partial charge < -0.3 is 19.3 Å². The second-order valence-electron chi connectivity index (χ2n) is 4.75. The molecule has 0 radical (unpaired) electrons. The number of carbonyl (C=O) groups is 1. The highest BCUT2D eigenvalue weighted by Crippen LogP contribution is 2.18. The Kier molecular flexibility index (Phi) is 7.97. The minimum atomic E-state index is -0.595. The molecule has 1 rings (SSSR count). The Morgan fingerprint density at radius 3 is 2.84 bits per heavy atom. The van der Waals surface area contributed by atoms with Crippen LogP contribution in [0.15, 0.2) is 0 Å². The van der Waals surface area contributed by atoms with Gasteiger partial charge in [-0.3, -0.25) is 9.69 Å². The number of carbonyl (C=O) groups excluding carboxylic acids is 1. The summed E-state index contributed by atoms with van der Waals surface area (Å²) in [5.74, 6) is -0.216. The molecule has 0 aromatic heterocycles. The van der Waals surface area contributed by atoms with Crippen LogP contribution in [0.2, 0.25) is 0 Å². The molecule has 1 aliphatic rings. The molecule has 0 amide bonds. The zero-order valence-electron chi connectivity index (χ0n) is 11.8. The molecule has 6 nitrogen and oxygen atoms in total. The van der Waals surface area contributed by atoms with Crippen molar-refractivity contribution in [3.63, 3.8) is 0 Å². The normalized spacial score (nSPS) is 22.2. The number of likely N-dealkylation sites (tertiary alicyclic amines) is 1. The summed E-state index contributed by atoms with van der Waals surface area (Å²) in [5, 5.41) is 9.91. The number of nitrogens with zero attached hydrogens (tertiary/aromatic N) is 1. The van der Waals surface area contributed by atoms with Crippen molar-refractivity contribution in [2.24, 2.45) is 0 Å². The van der Waals surface area contributed by atoms with Gasteiger partial charge >= 0.3 is 5.97 Å². The number of aliphatic hydroxyl groups is 1. The van der Waals surface area contributed by atoms with Crippen molar-refractivity contribution in [2.75, 3.05) is 47.1 Å². The fourth-order valence-corrected chi connectivity index (χ4v) is 2.30. The van der Waals surface area contributed by atoms with Crippen LogP contribution in [0.3, 0.4) is 0 Å². The van der Waals surface area contributed by atoms with Crippen molar-refractivity contribution in [1.82, 2.24) is 4.90 Å². The van der Waals surface area contributed by atoms with E-state index in [1.165, 1.54) is 7.11 Å². The summed E-state index contributed by atoms with van der Waals surface area (Å²) in [6, 6.07) is -0.229. The lowest BCUT2D eigenvalue weighted by Crippen LogP contribution is -2.49. The molecule has 0 bridgehead atoms. The monoisotopic (exact) mass is 275 g/mol. The topological polar surface area (TPSA) is 68.2 Å². The zero-order chi connectivity index (χ0) is 14.1. The zero-order valence-corrected chi connectivity index (χ0v) is 11.8. The van der Waals surface area contributed by atoms with Crippen LogP contribution in [0.1, 0.15) is 19.3 Å². The molecule has 2 atom stereocenters.